The second-order valence-corrected chi connectivity index (χ2v) is 6.85. The van der Waals surface area contributed by atoms with Crippen LogP contribution in [0, 0.1) is 0 Å². The predicted octanol–water partition coefficient (Wildman–Crippen LogP) is 2.31. The molecule has 2 fully saturated rings. The fraction of sp³-hybridized carbons (Fsp3) is 0.533. The maximum absolute atomic E-state index is 4.67. The lowest BCUT2D eigenvalue weighted by Crippen LogP contribution is -2.43. The summed E-state index contributed by atoms with van der Waals surface area (Å²) >= 11 is 2.05. The first-order chi connectivity index (χ1) is 9.92. The normalized spacial score (nSPS) is 23.6. The Morgan fingerprint density at radius 1 is 1.30 bits per heavy atom. The van der Waals surface area contributed by atoms with Crippen LogP contribution in [-0.4, -0.2) is 41.3 Å². The van der Waals surface area contributed by atoms with Crippen LogP contribution in [0.5, 0.6) is 0 Å². The van der Waals surface area contributed by atoms with Gasteiger partial charge in [-0.3, -0.25) is 0 Å². The number of piperazine rings is 1. The fourth-order valence-electron chi connectivity index (χ4n) is 3.15. The zero-order valence-electron chi connectivity index (χ0n) is 11.6. The molecule has 0 spiro atoms. The number of anilines is 1. The lowest BCUT2D eigenvalue weighted by molar-refractivity contribution is 0.589. The third-order valence-corrected chi connectivity index (χ3v) is 5.62. The molecule has 0 bridgehead atoms. The predicted molar refractivity (Wildman–Crippen MR) is 84.7 cm³/mol. The minimum absolute atomic E-state index is 0.586. The molecule has 4 nitrogen and oxygen atoms in total. The lowest BCUT2D eigenvalue weighted by Gasteiger charge is -2.29. The molecule has 20 heavy (non-hydrogen) atoms. The average Bonchev–Trinajstić information content (AvgIpc) is 3.16. The van der Waals surface area contributed by atoms with Crippen molar-refractivity contribution in [3.05, 3.63) is 30.4 Å². The van der Waals surface area contributed by atoms with Crippen LogP contribution in [0.4, 0.5) is 5.69 Å². The van der Waals surface area contributed by atoms with Crippen LogP contribution in [0.1, 0.15) is 23.9 Å². The Morgan fingerprint density at radius 2 is 2.20 bits per heavy atom. The van der Waals surface area contributed by atoms with Crippen LogP contribution >= 0.6 is 11.8 Å². The number of pyridine rings is 1. The van der Waals surface area contributed by atoms with Gasteiger partial charge in [-0.15, -0.1) is 0 Å². The van der Waals surface area contributed by atoms with Gasteiger partial charge in [0.05, 0.1) is 17.0 Å². The van der Waals surface area contributed by atoms with E-state index in [9.17, 15) is 0 Å². The summed E-state index contributed by atoms with van der Waals surface area (Å²) in [5.74, 6) is 2.51. The quantitative estimate of drug-likeness (QED) is 0.919. The monoisotopic (exact) mass is 288 g/mol. The highest BCUT2D eigenvalue weighted by Crippen LogP contribution is 2.39. The van der Waals surface area contributed by atoms with E-state index in [1.54, 1.807) is 0 Å². The molecule has 0 amide bonds. The Labute approximate surface area is 123 Å². The molecule has 2 aliphatic heterocycles. The summed E-state index contributed by atoms with van der Waals surface area (Å²) in [4.78, 5) is 7.13. The van der Waals surface area contributed by atoms with Gasteiger partial charge in [-0.2, -0.15) is 11.8 Å². The SMILES string of the molecule is c1cn2c(C3CCCS3)ncc2cc1N1CCNCC1. The summed E-state index contributed by atoms with van der Waals surface area (Å²) < 4.78 is 2.27. The molecule has 1 unspecified atom stereocenters. The smallest absolute Gasteiger partial charge is 0.126 e. The van der Waals surface area contributed by atoms with Gasteiger partial charge in [0.2, 0.25) is 0 Å². The number of nitrogens with one attached hydrogen (secondary N) is 1. The van der Waals surface area contributed by atoms with Gasteiger partial charge in [-0.25, -0.2) is 4.98 Å². The van der Waals surface area contributed by atoms with Crippen molar-refractivity contribution in [2.45, 2.75) is 18.1 Å². The summed E-state index contributed by atoms with van der Waals surface area (Å²) in [6, 6.07) is 4.52. The molecule has 5 heteroatoms. The Bertz CT molecular complexity index is 597. The maximum atomic E-state index is 4.67. The van der Waals surface area contributed by atoms with Gasteiger partial charge < -0.3 is 14.6 Å². The molecule has 2 aromatic heterocycles. The molecule has 0 aromatic carbocycles. The van der Waals surface area contributed by atoms with Crippen LogP contribution in [0.15, 0.2) is 24.5 Å². The molecule has 2 aliphatic rings. The molecule has 1 N–H and O–H groups in total. The standard InChI is InChI=1S/C15H20N4S/c1-2-14(20-9-1)15-17-11-13-10-12(3-6-19(13)15)18-7-4-16-5-8-18/h3,6,10-11,14,16H,1-2,4-5,7-9H2. The number of aromatic nitrogens is 2. The minimum Gasteiger partial charge on any atom is -0.369 e. The van der Waals surface area contributed by atoms with E-state index < -0.39 is 0 Å². The molecule has 4 heterocycles. The molecule has 1 atom stereocenters. The largest absolute Gasteiger partial charge is 0.369 e. The summed E-state index contributed by atoms with van der Waals surface area (Å²) in [6.45, 7) is 4.34. The van der Waals surface area contributed by atoms with Crippen LogP contribution in [0.3, 0.4) is 0 Å². The maximum Gasteiger partial charge on any atom is 0.126 e. The van der Waals surface area contributed by atoms with Gasteiger partial charge in [0.25, 0.3) is 0 Å². The topological polar surface area (TPSA) is 32.6 Å². The third-order valence-electron chi connectivity index (χ3n) is 4.24. The average molecular weight is 288 g/mol. The first-order valence-corrected chi connectivity index (χ1v) is 8.51. The summed E-state index contributed by atoms with van der Waals surface area (Å²) in [6.07, 6.45) is 6.82. The van der Waals surface area contributed by atoms with Gasteiger partial charge in [-0.05, 0) is 30.7 Å². The van der Waals surface area contributed by atoms with Crippen molar-refractivity contribution >= 4 is 23.0 Å². The van der Waals surface area contributed by atoms with Crippen molar-refractivity contribution in [1.29, 1.82) is 0 Å². The zero-order chi connectivity index (χ0) is 13.4. The van der Waals surface area contributed by atoms with E-state index in [4.69, 9.17) is 0 Å². The molecule has 0 saturated carbocycles. The minimum atomic E-state index is 0.586. The number of imidazole rings is 1. The number of hydrogen-bond acceptors (Lipinski definition) is 4. The van der Waals surface area contributed by atoms with Crippen molar-refractivity contribution in [1.82, 2.24) is 14.7 Å². The van der Waals surface area contributed by atoms with E-state index in [-0.39, 0.29) is 0 Å². The second kappa shape index (κ2) is 5.30. The van der Waals surface area contributed by atoms with Crippen LogP contribution in [0.2, 0.25) is 0 Å². The van der Waals surface area contributed by atoms with Gasteiger partial charge in [0.15, 0.2) is 0 Å². The molecular weight excluding hydrogens is 268 g/mol. The third kappa shape index (κ3) is 2.19. The van der Waals surface area contributed by atoms with E-state index >= 15 is 0 Å². The Hall–Kier alpha value is -1.20. The van der Waals surface area contributed by atoms with Crippen LogP contribution < -0.4 is 10.2 Å². The van der Waals surface area contributed by atoms with Crippen molar-refractivity contribution in [2.75, 3.05) is 36.8 Å². The van der Waals surface area contributed by atoms with E-state index in [1.807, 2.05) is 18.0 Å². The number of rotatable bonds is 2. The van der Waals surface area contributed by atoms with E-state index in [0.717, 1.165) is 26.2 Å². The van der Waals surface area contributed by atoms with E-state index in [2.05, 4.69) is 37.9 Å². The number of hydrogen-bond donors (Lipinski definition) is 1. The van der Waals surface area contributed by atoms with Crippen molar-refractivity contribution in [3.8, 4) is 0 Å². The molecule has 0 aliphatic carbocycles. The summed E-state index contributed by atoms with van der Waals surface area (Å²) in [5.41, 5.74) is 2.55. The second-order valence-electron chi connectivity index (χ2n) is 5.53. The lowest BCUT2D eigenvalue weighted by atomic mass is 10.2. The van der Waals surface area contributed by atoms with Gasteiger partial charge >= 0.3 is 0 Å². The molecule has 4 rings (SSSR count). The van der Waals surface area contributed by atoms with Gasteiger partial charge in [-0.1, -0.05) is 0 Å². The first-order valence-electron chi connectivity index (χ1n) is 7.46. The molecule has 106 valence electrons. The van der Waals surface area contributed by atoms with Crippen molar-refractivity contribution in [3.63, 3.8) is 0 Å². The van der Waals surface area contributed by atoms with Gasteiger partial charge in [0, 0.05) is 38.1 Å². The molecule has 2 aromatic rings. The van der Waals surface area contributed by atoms with Crippen molar-refractivity contribution in [2.24, 2.45) is 0 Å². The van der Waals surface area contributed by atoms with Crippen LogP contribution in [-0.2, 0) is 0 Å². The fourth-order valence-corrected chi connectivity index (χ4v) is 4.42. The number of nitrogens with zero attached hydrogens (tertiary/aromatic N) is 3. The highest BCUT2D eigenvalue weighted by molar-refractivity contribution is 7.99. The number of thioether (sulfide) groups is 1. The van der Waals surface area contributed by atoms with Crippen molar-refractivity contribution < 1.29 is 0 Å². The van der Waals surface area contributed by atoms with Crippen LogP contribution in [0.25, 0.3) is 5.52 Å². The number of fused-ring (bicyclic) bond motifs is 1. The zero-order valence-corrected chi connectivity index (χ0v) is 12.4. The highest BCUT2D eigenvalue weighted by atomic mass is 32.2. The highest BCUT2D eigenvalue weighted by Gasteiger charge is 2.22. The molecular formula is C15H20N4S. The van der Waals surface area contributed by atoms with E-state index in [0.29, 0.717) is 5.25 Å². The van der Waals surface area contributed by atoms with E-state index in [1.165, 1.54) is 35.6 Å². The Kier molecular flexibility index (Phi) is 3.32. The molecule has 2 saturated heterocycles. The Morgan fingerprint density at radius 3 is 3.00 bits per heavy atom. The van der Waals surface area contributed by atoms with Gasteiger partial charge in [0.1, 0.15) is 5.82 Å². The first kappa shape index (κ1) is 12.5. The Balaban J connectivity index is 1.66. The summed E-state index contributed by atoms with van der Waals surface area (Å²) in [5, 5.41) is 3.99. The summed E-state index contributed by atoms with van der Waals surface area (Å²) in [7, 11) is 0. The molecule has 0 radical (unpaired) electrons.